The third kappa shape index (κ3) is 9.86. The van der Waals surface area contributed by atoms with Crippen molar-refractivity contribution >= 4 is 48.3 Å². The maximum atomic E-state index is 12.9. The van der Waals surface area contributed by atoms with E-state index in [0.29, 0.717) is 5.69 Å². The summed E-state index contributed by atoms with van der Waals surface area (Å²) < 4.78 is 0. The van der Waals surface area contributed by atoms with Crippen LogP contribution in [0.5, 0.6) is 0 Å². The minimum atomic E-state index is -1.73. The molecule has 1 heterocycles. The van der Waals surface area contributed by atoms with Gasteiger partial charge in [0.05, 0.1) is 18.8 Å². The largest absolute Gasteiger partial charge is 0.481 e. The van der Waals surface area contributed by atoms with Crippen LogP contribution in [-0.4, -0.2) is 90.8 Å². The van der Waals surface area contributed by atoms with Crippen molar-refractivity contribution in [3.8, 4) is 0 Å². The minimum Gasteiger partial charge on any atom is -0.481 e. The number of carboxylic acids is 3. The second-order valence-electron chi connectivity index (χ2n) is 7.12. The first-order valence-corrected chi connectivity index (χ1v) is 10.5. The van der Waals surface area contributed by atoms with Gasteiger partial charge >= 0.3 is 17.9 Å². The molecule has 188 valence electrons. The van der Waals surface area contributed by atoms with E-state index in [1.54, 1.807) is 0 Å². The van der Waals surface area contributed by atoms with Crippen LogP contribution in [0.3, 0.4) is 0 Å². The first-order valence-electron chi connectivity index (χ1n) is 9.85. The number of aromatic amines is 1. The van der Waals surface area contributed by atoms with Crippen molar-refractivity contribution in [2.24, 2.45) is 5.73 Å². The Morgan fingerprint density at radius 2 is 1.53 bits per heavy atom. The molecule has 4 unspecified atom stereocenters. The molecule has 16 heteroatoms. The lowest BCUT2D eigenvalue weighted by atomic mass is 10.1. The van der Waals surface area contributed by atoms with Crippen molar-refractivity contribution in [3.05, 3.63) is 18.2 Å². The Labute approximate surface area is 198 Å². The molecule has 0 aliphatic carbocycles. The molecule has 0 fully saturated rings. The van der Waals surface area contributed by atoms with E-state index in [1.165, 1.54) is 12.5 Å². The van der Waals surface area contributed by atoms with Crippen molar-refractivity contribution < 1.29 is 44.1 Å². The Morgan fingerprint density at radius 1 is 0.941 bits per heavy atom. The summed E-state index contributed by atoms with van der Waals surface area (Å²) in [6.07, 6.45) is 0.640. The molecule has 0 bridgehead atoms. The maximum absolute atomic E-state index is 12.9. The number of H-pyrrole nitrogens is 1. The van der Waals surface area contributed by atoms with Gasteiger partial charge < -0.3 is 42.0 Å². The van der Waals surface area contributed by atoms with Gasteiger partial charge in [0.2, 0.25) is 17.7 Å². The van der Waals surface area contributed by atoms with Crippen LogP contribution in [0.2, 0.25) is 0 Å². The smallest absolute Gasteiger partial charge is 0.326 e. The highest BCUT2D eigenvalue weighted by Gasteiger charge is 2.32. The van der Waals surface area contributed by atoms with Crippen LogP contribution in [0.4, 0.5) is 0 Å². The third-order valence-corrected chi connectivity index (χ3v) is 4.81. The standard InChI is InChI=1S/C18H26N6O9S/c19-9(6-34)15(29)23-11(3-8-5-20-7-21-8)16(30)24-12(4-14(27)28)17(31)22-10(18(32)33)1-2-13(25)26/h5,7,9-12,34H,1-4,6,19H2,(H,20,21)(H,22,31)(H,23,29)(H,24,30)(H,25,26)(H,27,28)(H,32,33). The fourth-order valence-electron chi connectivity index (χ4n) is 2.64. The summed E-state index contributed by atoms with van der Waals surface area (Å²) in [4.78, 5) is 77.4. The van der Waals surface area contributed by atoms with E-state index in [1.807, 2.05) is 5.32 Å². The summed E-state index contributed by atoms with van der Waals surface area (Å²) in [6, 6.07) is -5.71. The predicted octanol–water partition coefficient (Wildman–Crippen LogP) is -2.91. The number of carboxylic acid groups (broad SMARTS) is 3. The average molecular weight is 503 g/mol. The Kier molecular flexibility index (Phi) is 11.5. The van der Waals surface area contributed by atoms with Gasteiger partial charge in [-0.15, -0.1) is 0 Å². The normalized spacial score (nSPS) is 14.2. The van der Waals surface area contributed by atoms with Crippen LogP contribution in [0.15, 0.2) is 12.5 Å². The number of nitrogens with two attached hydrogens (primary N) is 1. The molecule has 1 aromatic rings. The number of carbonyl (C=O) groups excluding carboxylic acids is 3. The highest BCUT2D eigenvalue weighted by molar-refractivity contribution is 7.80. The highest BCUT2D eigenvalue weighted by Crippen LogP contribution is 2.04. The maximum Gasteiger partial charge on any atom is 0.326 e. The van der Waals surface area contributed by atoms with Gasteiger partial charge in [-0.1, -0.05) is 0 Å². The summed E-state index contributed by atoms with van der Waals surface area (Å²) in [5.41, 5.74) is 6.04. The van der Waals surface area contributed by atoms with Crippen LogP contribution in [-0.2, 0) is 35.2 Å². The molecular formula is C18H26N6O9S. The molecule has 0 aromatic carbocycles. The van der Waals surface area contributed by atoms with Gasteiger partial charge in [-0.3, -0.25) is 24.0 Å². The lowest BCUT2D eigenvalue weighted by molar-refractivity contribution is -0.144. The molecule has 4 atom stereocenters. The van der Waals surface area contributed by atoms with Crippen LogP contribution < -0.4 is 21.7 Å². The van der Waals surface area contributed by atoms with Crippen LogP contribution in [0.1, 0.15) is 25.0 Å². The number of hydrogen-bond acceptors (Lipinski definition) is 9. The molecule has 0 radical (unpaired) electrons. The molecule has 1 rings (SSSR count). The van der Waals surface area contributed by atoms with E-state index in [0.717, 1.165) is 0 Å². The molecule has 9 N–H and O–H groups in total. The number of rotatable bonds is 15. The second-order valence-corrected chi connectivity index (χ2v) is 7.49. The molecule has 34 heavy (non-hydrogen) atoms. The zero-order valence-electron chi connectivity index (χ0n) is 17.8. The van der Waals surface area contributed by atoms with Crippen molar-refractivity contribution in [2.75, 3.05) is 5.75 Å². The molecule has 1 aromatic heterocycles. The number of nitrogens with one attached hydrogen (secondary N) is 4. The van der Waals surface area contributed by atoms with E-state index < -0.39 is 79.1 Å². The Balaban J connectivity index is 3.03. The van der Waals surface area contributed by atoms with Crippen molar-refractivity contribution in [1.82, 2.24) is 25.9 Å². The molecule has 3 amide bonds. The number of imidazole rings is 1. The van der Waals surface area contributed by atoms with E-state index in [-0.39, 0.29) is 12.2 Å². The lowest BCUT2D eigenvalue weighted by Crippen LogP contribution is -2.58. The summed E-state index contributed by atoms with van der Waals surface area (Å²) >= 11 is 3.91. The number of amides is 3. The summed E-state index contributed by atoms with van der Waals surface area (Å²) in [6.45, 7) is 0. The number of nitrogens with zero attached hydrogens (tertiary/aromatic N) is 1. The second kappa shape index (κ2) is 13.8. The zero-order valence-corrected chi connectivity index (χ0v) is 18.7. The number of aromatic nitrogens is 2. The molecule has 0 saturated carbocycles. The van der Waals surface area contributed by atoms with Gasteiger partial charge in [0.25, 0.3) is 0 Å². The number of hydrogen-bond donors (Lipinski definition) is 9. The fourth-order valence-corrected chi connectivity index (χ4v) is 2.81. The van der Waals surface area contributed by atoms with Crippen molar-refractivity contribution in [2.45, 2.75) is 49.9 Å². The van der Waals surface area contributed by atoms with Gasteiger partial charge in [-0.25, -0.2) is 9.78 Å². The third-order valence-electron chi connectivity index (χ3n) is 4.42. The Hall–Kier alpha value is -3.66. The highest BCUT2D eigenvalue weighted by atomic mass is 32.1. The molecule has 0 spiro atoms. The Morgan fingerprint density at radius 3 is 2.03 bits per heavy atom. The molecule has 0 aliphatic rings. The van der Waals surface area contributed by atoms with Gasteiger partial charge in [0.1, 0.15) is 18.1 Å². The van der Waals surface area contributed by atoms with E-state index in [4.69, 9.17) is 15.9 Å². The minimum absolute atomic E-state index is 0.0266. The van der Waals surface area contributed by atoms with E-state index in [2.05, 4.69) is 33.2 Å². The summed E-state index contributed by atoms with van der Waals surface area (Å²) in [5, 5.41) is 33.6. The van der Waals surface area contributed by atoms with Gasteiger partial charge in [-0.2, -0.15) is 12.6 Å². The quantitative estimate of drug-likeness (QED) is 0.110. The van der Waals surface area contributed by atoms with Crippen molar-refractivity contribution in [1.29, 1.82) is 0 Å². The molecule has 0 saturated heterocycles. The first kappa shape index (κ1) is 28.4. The molecule has 15 nitrogen and oxygen atoms in total. The van der Waals surface area contributed by atoms with Crippen molar-refractivity contribution in [3.63, 3.8) is 0 Å². The van der Waals surface area contributed by atoms with E-state index >= 15 is 0 Å². The summed E-state index contributed by atoms with van der Waals surface area (Å²) in [7, 11) is 0. The Bertz CT molecular complexity index is 894. The SMILES string of the molecule is NC(CS)C(=O)NC(Cc1cnc[nH]1)C(=O)NC(CC(=O)O)C(=O)NC(CCC(=O)O)C(=O)O. The molecule has 0 aliphatic heterocycles. The number of thiol groups is 1. The molecular weight excluding hydrogens is 476 g/mol. The summed E-state index contributed by atoms with van der Waals surface area (Å²) in [5.74, 6) is -7.19. The first-order chi connectivity index (χ1) is 15.9. The van der Waals surface area contributed by atoms with Gasteiger partial charge in [0, 0.05) is 30.5 Å². The lowest BCUT2D eigenvalue weighted by Gasteiger charge is -2.24. The van der Waals surface area contributed by atoms with Crippen LogP contribution in [0, 0.1) is 0 Å². The van der Waals surface area contributed by atoms with Gasteiger partial charge in [0.15, 0.2) is 0 Å². The fraction of sp³-hybridized carbons (Fsp3) is 0.500. The van der Waals surface area contributed by atoms with Crippen LogP contribution in [0.25, 0.3) is 0 Å². The van der Waals surface area contributed by atoms with Gasteiger partial charge in [-0.05, 0) is 6.42 Å². The topological polar surface area (TPSA) is 254 Å². The monoisotopic (exact) mass is 502 g/mol. The van der Waals surface area contributed by atoms with E-state index in [9.17, 15) is 33.9 Å². The number of carbonyl (C=O) groups is 6. The number of aliphatic carboxylic acids is 3. The average Bonchev–Trinajstić information content (AvgIpc) is 3.27. The predicted molar refractivity (Wildman–Crippen MR) is 117 cm³/mol. The zero-order chi connectivity index (χ0) is 25.8. The van der Waals surface area contributed by atoms with Crippen LogP contribution >= 0.6 is 12.6 Å².